The lowest BCUT2D eigenvalue weighted by Gasteiger charge is -2.07. The maximum Gasteiger partial charge on any atom is 0.137 e. The van der Waals surface area contributed by atoms with Crippen molar-refractivity contribution in [2.24, 2.45) is 0 Å². The minimum absolute atomic E-state index is 0.233. The largest absolute Gasteiger partial charge is 0.489 e. The molecule has 0 radical (unpaired) electrons. The van der Waals surface area contributed by atoms with Crippen molar-refractivity contribution in [3.05, 3.63) is 94.8 Å². The van der Waals surface area contributed by atoms with Gasteiger partial charge in [-0.25, -0.2) is 0 Å². The number of halogens is 1. The smallest absolute Gasteiger partial charge is 0.137 e. The van der Waals surface area contributed by atoms with Crippen molar-refractivity contribution in [3.8, 4) is 5.75 Å². The fourth-order valence-electron chi connectivity index (χ4n) is 2.62. The van der Waals surface area contributed by atoms with Gasteiger partial charge in [0.25, 0.3) is 0 Å². The van der Waals surface area contributed by atoms with Crippen LogP contribution in [0, 0.1) is 0 Å². The number of ketones is 1. The highest BCUT2D eigenvalue weighted by Crippen LogP contribution is 2.18. The van der Waals surface area contributed by atoms with E-state index < -0.39 is 0 Å². The predicted molar refractivity (Wildman–Crippen MR) is 103 cm³/mol. The summed E-state index contributed by atoms with van der Waals surface area (Å²) < 4.78 is 5.72. The van der Waals surface area contributed by atoms with E-state index in [-0.39, 0.29) is 5.78 Å². The summed E-state index contributed by atoms with van der Waals surface area (Å²) in [6.45, 7) is 0.468. The molecule has 1 aromatic heterocycles. The summed E-state index contributed by atoms with van der Waals surface area (Å²) in [6, 6.07) is 19.2. The van der Waals surface area contributed by atoms with E-state index in [0.29, 0.717) is 24.5 Å². The predicted octanol–water partition coefficient (Wildman–Crippen LogP) is 5.06. The normalized spacial score (nSPS) is 10.5. The Bertz CT molecular complexity index is 848. The van der Waals surface area contributed by atoms with Crippen LogP contribution in [-0.4, -0.2) is 10.8 Å². The molecular weight excluding hydrogens is 346 g/mol. The van der Waals surface area contributed by atoms with Crippen LogP contribution in [0.15, 0.2) is 73.1 Å². The number of hydrogen-bond donors (Lipinski definition) is 0. The highest BCUT2D eigenvalue weighted by Gasteiger charge is 2.05. The topological polar surface area (TPSA) is 39.2 Å². The average Bonchev–Trinajstić information content (AvgIpc) is 2.67. The first-order valence-corrected chi connectivity index (χ1v) is 8.93. The van der Waals surface area contributed by atoms with Crippen LogP contribution in [0.3, 0.4) is 0 Å². The molecule has 0 N–H and O–H groups in total. The zero-order valence-corrected chi connectivity index (χ0v) is 15.2. The summed E-state index contributed by atoms with van der Waals surface area (Å²) in [6.07, 6.45) is 5.27. The van der Waals surface area contributed by atoms with E-state index in [2.05, 4.69) is 4.98 Å². The minimum Gasteiger partial charge on any atom is -0.489 e. The number of pyridine rings is 1. The minimum atomic E-state index is 0.233. The Morgan fingerprint density at radius 3 is 2.50 bits per heavy atom. The quantitative estimate of drug-likeness (QED) is 0.560. The van der Waals surface area contributed by atoms with Gasteiger partial charge in [-0.2, -0.15) is 0 Å². The molecule has 0 bridgehead atoms. The first kappa shape index (κ1) is 18.2. The number of hydrogen-bond acceptors (Lipinski definition) is 3. The van der Waals surface area contributed by atoms with Crippen LogP contribution in [0.5, 0.6) is 5.75 Å². The van der Waals surface area contributed by atoms with Gasteiger partial charge in [-0.05, 0) is 47.4 Å². The molecule has 3 aromatic rings. The number of nitrogens with zero attached hydrogens (tertiary/aromatic N) is 1. The molecular formula is C22H20ClNO2. The standard InChI is InChI=1S/C22H20ClNO2/c23-20-4-1-5-22(14-20)26-16-19-8-6-17(7-9-19)13-21(25)11-10-18-3-2-12-24-15-18/h1-9,12,14-15H,10-11,13,16H2. The summed E-state index contributed by atoms with van der Waals surface area (Å²) in [5.74, 6) is 0.976. The average molecular weight is 366 g/mol. The van der Waals surface area contributed by atoms with Crippen molar-refractivity contribution in [1.82, 2.24) is 4.98 Å². The second kappa shape index (κ2) is 9.16. The zero-order chi connectivity index (χ0) is 18.2. The molecule has 0 unspecified atom stereocenters. The monoisotopic (exact) mass is 365 g/mol. The van der Waals surface area contributed by atoms with Crippen LogP contribution < -0.4 is 4.74 Å². The molecule has 26 heavy (non-hydrogen) atoms. The lowest BCUT2D eigenvalue weighted by molar-refractivity contribution is -0.118. The third-order valence-corrected chi connectivity index (χ3v) is 4.28. The molecule has 0 fully saturated rings. The second-order valence-corrected chi connectivity index (χ2v) is 6.58. The molecule has 0 amide bonds. The lowest BCUT2D eigenvalue weighted by Crippen LogP contribution is -2.05. The Labute approximate surface area is 158 Å². The molecule has 0 aliphatic carbocycles. The Morgan fingerprint density at radius 2 is 1.77 bits per heavy atom. The van der Waals surface area contributed by atoms with Gasteiger partial charge in [0.05, 0.1) is 0 Å². The van der Waals surface area contributed by atoms with Gasteiger partial charge < -0.3 is 4.74 Å². The van der Waals surface area contributed by atoms with Crippen molar-refractivity contribution in [1.29, 1.82) is 0 Å². The zero-order valence-electron chi connectivity index (χ0n) is 14.4. The number of carbonyl (C=O) groups is 1. The van der Waals surface area contributed by atoms with Crippen molar-refractivity contribution >= 4 is 17.4 Å². The fraction of sp³-hybridized carbons (Fsp3) is 0.182. The highest BCUT2D eigenvalue weighted by molar-refractivity contribution is 6.30. The van der Waals surface area contributed by atoms with Crippen LogP contribution in [-0.2, 0) is 24.2 Å². The lowest BCUT2D eigenvalue weighted by atomic mass is 10.0. The summed E-state index contributed by atoms with van der Waals surface area (Å²) in [5, 5.41) is 0.655. The number of carbonyl (C=O) groups excluding carboxylic acids is 1. The van der Waals surface area contributed by atoms with E-state index in [9.17, 15) is 4.79 Å². The Kier molecular flexibility index (Phi) is 6.39. The molecule has 4 heteroatoms. The molecule has 0 aliphatic rings. The van der Waals surface area contributed by atoms with Gasteiger partial charge in [0, 0.05) is 30.3 Å². The maximum atomic E-state index is 12.2. The SMILES string of the molecule is O=C(CCc1cccnc1)Cc1ccc(COc2cccc(Cl)c2)cc1. The van der Waals surface area contributed by atoms with Gasteiger partial charge in [0.2, 0.25) is 0 Å². The third-order valence-electron chi connectivity index (χ3n) is 4.04. The van der Waals surface area contributed by atoms with Gasteiger partial charge in [-0.1, -0.05) is 48.0 Å². The Morgan fingerprint density at radius 1 is 0.962 bits per heavy atom. The molecule has 2 aromatic carbocycles. The molecule has 3 nitrogen and oxygen atoms in total. The summed E-state index contributed by atoms with van der Waals surface area (Å²) >= 11 is 5.95. The van der Waals surface area contributed by atoms with Crippen molar-refractivity contribution in [3.63, 3.8) is 0 Å². The van der Waals surface area contributed by atoms with Crippen LogP contribution in [0.2, 0.25) is 5.02 Å². The molecule has 0 saturated carbocycles. The van der Waals surface area contributed by atoms with Gasteiger partial charge in [-0.15, -0.1) is 0 Å². The van der Waals surface area contributed by atoms with Crippen LogP contribution >= 0.6 is 11.6 Å². The first-order chi connectivity index (χ1) is 12.7. The number of Topliss-reactive ketones (excluding diaryl/α,β-unsaturated/α-hetero) is 1. The number of rotatable bonds is 8. The van der Waals surface area contributed by atoms with Gasteiger partial charge in [0.15, 0.2) is 0 Å². The van der Waals surface area contributed by atoms with Crippen LogP contribution in [0.4, 0.5) is 0 Å². The van der Waals surface area contributed by atoms with Crippen LogP contribution in [0.1, 0.15) is 23.1 Å². The molecule has 0 aliphatic heterocycles. The van der Waals surface area contributed by atoms with E-state index in [4.69, 9.17) is 16.3 Å². The van der Waals surface area contributed by atoms with E-state index in [1.807, 2.05) is 60.8 Å². The van der Waals surface area contributed by atoms with E-state index in [1.165, 1.54) is 0 Å². The molecule has 0 saturated heterocycles. The molecule has 3 rings (SSSR count). The van der Waals surface area contributed by atoms with Gasteiger partial charge in [-0.3, -0.25) is 9.78 Å². The van der Waals surface area contributed by atoms with Gasteiger partial charge in [0.1, 0.15) is 18.1 Å². The number of aryl methyl sites for hydroxylation is 1. The number of aromatic nitrogens is 1. The Balaban J connectivity index is 1.47. The summed E-state index contributed by atoms with van der Waals surface area (Å²) in [5.41, 5.74) is 3.17. The van der Waals surface area contributed by atoms with E-state index >= 15 is 0 Å². The molecule has 1 heterocycles. The summed E-state index contributed by atoms with van der Waals surface area (Å²) in [4.78, 5) is 16.2. The molecule has 0 atom stereocenters. The summed E-state index contributed by atoms with van der Waals surface area (Å²) in [7, 11) is 0. The molecule has 0 spiro atoms. The van der Waals surface area contributed by atoms with E-state index in [0.717, 1.165) is 28.9 Å². The Hall–Kier alpha value is -2.65. The van der Waals surface area contributed by atoms with Crippen LogP contribution in [0.25, 0.3) is 0 Å². The fourth-order valence-corrected chi connectivity index (χ4v) is 2.80. The third kappa shape index (κ3) is 5.71. The van der Waals surface area contributed by atoms with E-state index in [1.54, 1.807) is 12.3 Å². The molecule has 132 valence electrons. The number of ether oxygens (including phenoxy) is 1. The van der Waals surface area contributed by atoms with Crippen molar-refractivity contribution < 1.29 is 9.53 Å². The maximum absolute atomic E-state index is 12.2. The van der Waals surface area contributed by atoms with Gasteiger partial charge >= 0.3 is 0 Å². The highest BCUT2D eigenvalue weighted by atomic mass is 35.5. The second-order valence-electron chi connectivity index (χ2n) is 6.14. The van der Waals surface area contributed by atoms with Crippen molar-refractivity contribution in [2.45, 2.75) is 25.9 Å². The van der Waals surface area contributed by atoms with Crippen molar-refractivity contribution in [2.75, 3.05) is 0 Å². The number of benzene rings is 2. The first-order valence-electron chi connectivity index (χ1n) is 8.56.